The van der Waals surface area contributed by atoms with Crippen molar-refractivity contribution >= 4 is 11.8 Å². The molecule has 1 saturated carbocycles. The molecule has 1 unspecified atom stereocenters. The number of alkyl halides is 3. The highest BCUT2D eigenvalue weighted by molar-refractivity contribution is 5.95. The number of nitrogens with zero attached hydrogens (tertiary/aromatic N) is 1. The van der Waals surface area contributed by atoms with Crippen molar-refractivity contribution < 1.29 is 22.8 Å². The Morgan fingerprint density at radius 3 is 2.41 bits per heavy atom. The number of amides is 2. The first-order valence-corrected chi connectivity index (χ1v) is 5.50. The third-order valence-corrected chi connectivity index (χ3v) is 3.40. The first-order valence-electron chi connectivity index (χ1n) is 5.50. The molecule has 4 nitrogen and oxygen atoms in total. The van der Waals surface area contributed by atoms with Gasteiger partial charge in [-0.15, -0.1) is 0 Å². The third kappa shape index (κ3) is 1.68. The van der Waals surface area contributed by atoms with Crippen molar-refractivity contribution in [2.75, 3.05) is 6.54 Å². The van der Waals surface area contributed by atoms with Crippen LogP contribution >= 0.6 is 0 Å². The number of hydrogen-bond acceptors (Lipinski definition) is 2. The Morgan fingerprint density at radius 1 is 1.41 bits per heavy atom. The summed E-state index contributed by atoms with van der Waals surface area (Å²) in [5.74, 6) is -1.14. The summed E-state index contributed by atoms with van der Waals surface area (Å²) in [4.78, 5) is 23.9. The van der Waals surface area contributed by atoms with Crippen LogP contribution in [0.1, 0.15) is 26.2 Å². The van der Waals surface area contributed by atoms with E-state index in [0.717, 1.165) is 4.90 Å². The van der Waals surface area contributed by atoms with Gasteiger partial charge in [-0.1, -0.05) is 6.92 Å². The standard InChI is InChI=1S/C10H13F3N2O2/c1-2-6-8(17)14-5-7(16)15(6)9(3-4-9)10(11,12)13/h6H,2-5H2,1H3,(H,14,17). The molecule has 0 aromatic rings. The molecule has 2 fully saturated rings. The third-order valence-electron chi connectivity index (χ3n) is 3.40. The van der Waals surface area contributed by atoms with Crippen LogP contribution in [0, 0.1) is 0 Å². The maximum Gasteiger partial charge on any atom is 0.411 e. The van der Waals surface area contributed by atoms with Crippen LogP contribution in [0.15, 0.2) is 0 Å². The Bertz CT molecular complexity index is 363. The highest BCUT2D eigenvalue weighted by atomic mass is 19.4. The molecule has 1 aliphatic heterocycles. The molecule has 1 N–H and O–H groups in total. The topological polar surface area (TPSA) is 49.4 Å². The second-order valence-electron chi connectivity index (χ2n) is 4.43. The fraction of sp³-hybridized carbons (Fsp3) is 0.800. The van der Waals surface area contributed by atoms with Gasteiger partial charge in [-0.25, -0.2) is 0 Å². The van der Waals surface area contributed by atoms with Crippen LogP contribution < -0.4 is 5.32 Å². The molecule has 1 saturated heterocycles. The predicted octanol–water partition coefficient (Wildman–Crippen LogP) is 0.818. The summed E-state index contributed by atoms with van der Waals surface area (Å²) in [6, 6.07) is -1.000. The second-order valence-corrected chi connectivity index (χ2v) is 4.43. The largest absolute Gasteiger partial charge is 0.411 e. The molecular weight excluding hydrogens is 237 g/mol. The first-order chi connectivity index (χ1) is 7.83. The van der Waals surface area contributed by atoms with Crippen molar-refractivity contribution in [1.29, 1.82) is 0 Å². The van der Waals surface area contributed by atoms with Gasteiger partial charge in [-0.2, -0.15) is 13.2 Å². The van der Waals surface area contributed by atoms with E-state index in [1.165, 1.54) is 0 Å². The number of piperazine rings is 1. The van der Waals surface area contributed by atoms with Gasteiger partial charge in [0.15, 0.2) is 0 Å². The van der Waals surface area contributed by atoms with Gasteiger partial charge in [0.1, 0.15) is 11.6 Å². The zero-order valence-corrected chi connectivity index (χ0v) is 9.30. The minimum Gasteiger partial charge on any atom is -0.345 e. The van der Waals surface area contributed by atoms with Gasteiger partial charge in [0.2, 0.25) is 11.8 Å². The molecule has 0 radical (unpaired) electrons. The number of halogens is 3. The van der Waals surface area contributed by atoms with Gasteiger partial charge in [0, 0.05) is 0 Å². The highest BCUT2D eigenvalue weighted by Crippen LogP contribution is 2.54. The van der Waals surface area contributed by atoms with Crippen molar-refractivity contribution in [2.24, 2.45) is 0 Å². The summed E-state index contributed by atoms with van der Waals surface area (Å²) < 4.78 is 38.9. The molecule has 1 aliphatic carbocycles. The molecule has 0 spiro atoms. The van der Waals surface area contributed by atoms with E-state index >= 15 is 0 Å². The van der Waals surface area contributed by atoms with Gasteiger partial charge in [0.05, 0.1) is 6.54 Å². The minimum absolute atomic E-state index is 0.105. The zero-order chi connectivity index (χ0) is 12.8. The SMILES string of the molecule is CCC1C(=O)NCC(=O)N1C1(C(F)(F)F)CC1. The Balaban J connectivity index is 2.34. The van der Waals surface area contributed by atoms with Crippen molar-refractivity contribution in [3.8, 4) is 0 Å². The van der Waals surface area contributed by atoms with Gasteiger partial charge >= 0.3 is 6.18 Å². The van der Waals surface area contributed by atoms with Crippen molar-refractivity contribution in [3.05, 3.63) is 0 Å². The minimum atomic E-state index is -4.46. The smallest absolute Gasteiger partial charge is 0.345 e. The van der Waals surface area contributed by atoms with E-state index in [1.807, 2.05) is 0 Å². The van der Waals surface area contributed by atoms with Crippen LogP contribution in [-0.2, 0) is 9.59 Å². The summed E-state index contributed by atoms with van der Waals surface area (Å²) in [5, 5.41) is 2.32. The van der Waals surface area contributed by atoms with E-state index in [2.05, 4.69) is 5.32 Å². The Kier molecular flexibility index (Phi) is 2.59. The Morgan fingerprint density at radius 2 is 2.00 bits per heavy atom. The second kappa shape index (κ2) is 3.61. The summed E-state index contributed by atoms with van der Waals surface area (Å²) in [6.07, 6.45) is -4.48. The molecule has 1 heterocycles. The van der Waals surface area contributed by atoms with Gasteiger partial charge in [-0.05, 0) is 19.3 Å². The van der Waals surface area contributed by atoms with Crippen LogP contribution in [0.3, 0.4) is 0 Å². The van der Waals surface area contributed by atoms with Crippen molar-refractivity contribution in [3.63, 3.8) is 0 Å². The lowest BCUT2D eigenvalue weighted by molar-refractivity contribution is -0.208. The van der Waals surface area contributed by atoms with Crippen LogP contribution in [0.2, 0.25) is 0 Å². The summed E-state index contributed by atoms with van der Waals surface area (Å²) in [5.41, 5.74) is -2.09. The van der Waals surface area contributed by atoms with Gasteiger partial charge < -0.3 is 10.2 Å². The van der Waals surface area contributed by atoms with E-state index in [4.69, 9.17) is 0 Å². The number of rotatable bonds is 2. The summed E-state index contributed by atoms with van der Waals surface area (Å²) >= 11 is 0. The molecule has 96 valence electrons. The van der Waals surface area contributed by atoms with E-state index in [1.54, 1.807) is 6.92 Å². The number of carbonyl (C=O) groups excluding carboxylic acids is 2. The van der Waals surface area contributed by atoms with E-state index in [0.29, 0.717) is 0 Å². The van der Waals surface area contributed by atoms with Gasteiger partial charge in [-0.3, -0.25) is 9.59 Å². The molecule has 7 heteroatoms. The van der Waals surface area contributed by atoms with E-state index < -0.39 is 29.6 Å². The van der Waals surface area contributed by atoms with Crippen LogP contribution in [0.5, 0.6) is 0 Å². The average Bonchev–Trinajstić information content (AvgIpc) is 3.01. The molecule has 2 amide bonds. The Hall–Kier alpha value is -1.27. The lowest BCUT2D eigenvalue weighted by Crippen LogP contribution is -2.65. The maximum atomic E-state index is 13.0. The molecule has 0 bridgehead atoms. The normalized spacial score (nSPS) is 28.0. The molecule has 0 aromatic heterocycles. The van der Waals surface area contributed by atoms with Crippen LogP contribution in [0.4, 0.5) is 13.2 Å². The lowest BCUT2D eigenvalue weighted by atomic mass is 10.0. The summed E-state index contributed by atoms with van der Waals surface area (Å²) in [6.45, 7) is 1.26. The predicted molar refractivity (Wildman–Crippen MR) is 52.0 cm³/mol. The van der Waals surface area contributed by atoms with Crippen LogP contribution in [-0.4, -0.2) is 41.0 Å². The number of nitrogens with one attached hydrogen (secondary N) is 1. The zero-order valence-electron chi connectivity index (χ0n) is 9.30. The maximum absolute atomic E-state index is 13.0. The number of hydrogen-bond donors (Lipinski definition) is 1. The average molecular weight is 250 g/mol. The highest BCUT2D eigenvalue weighted by Gasteiger charge is 2.70. The number of carbonyl (C=O) groups is 2. The molecule has 0 aromatic carbocycles. The fourth-order valence-corrected chi connectivity index (χ4v) is 2.34. The summed E-state index contributed by atoms with van der Waals surface area (Å²) in [7, 11) is 0. The molecule has 1 atom stereocenters. The molecule has 17 heavy (non-hydrogen) atoms. The molecular formula is C10H13F3N2O2. The van der Waals surface area contributed by atoms with Crippen molar-refractivity contribution in [2.45, 2.75) is 43.9 Å². The fourth-order valence-electron chi connectivity index (χ4n) is 2.34. The Labute approximate surface area is 96.1 Å². The van der Waals surface area contributed by atoms with Crippen LogP contribution in [0.25, 0.3) is 0 Å². The molecule has 2 rings (SSSR count). The van der Waals surface area contributed by atoms with E-state index in [9.17, 15) is 22.8 Å². The van der Waals surface area contributed by atoms with E-state index in [-0.39, 0.29) is 25.8 Å². The monoisotopic (exact) mass is 250 g/mol. The molecule has 2 aliphatic rings. The quantitative estimate of drug-likeness (QED) is 0.788. The lowest BCUT2D eigenvalue weighted by Gasteiger charge is -2.41. The van der Waals surface area contributed by atoms with Gasteiger partial charge in [0.25, 0.3) is 0 Å². The first kappa shape index (κ1) is 12.2. The van der Waals surface area contributed by atoms with Crippen molar-refractivity contribution in [1.82, 2.24) is 10.2 Å².